The fraction of sp³-hybridized carbons (Fsp3) is 0.300. The van der Waals surface area contributed by atoms with E-state index in [2.05, 4.69) is 16.0 Å². The molecule has 154 valence electrons. The fourth-order valence-electron chi connectivity index (χ4n) is 2.86. The first kappa shape index (κ1) is 20.7. The van der Waals surface area contributed by atoms with Gasteiger partial charge in [-0.15, -0.1) is 0 Å². The lowest BCUT2D eigenvalue weighted by Gasteiger charge is -2.12. The van der Waals surface area contributed by atoms with Gasteiger partial charge in [-0.2, -0.15) is 13.2 Å². The molecule has 9 heteroatoms. The molecule has 0 saturated carbocycles. The number of benzene rings is 2. The summed E-state index contributed by atoms with van der Waals surface area (Å²) < 4.78 is 43.7. The molecule has 0 radical (unpaired) electrons. The topological polar surface area (TPSA) is 79.5 Å². The lowest BCUT2D eigenvalue weighted by Crippen LogP contribution is -2.35. The molecule has 1 saturated heterocycles. The summed E-state index contributed by atoms with van der Waals surface area (Å²) in [5, 5.41) is 7.91. The highest BCUT2D eigenvalue weighted by atomic mass is 19.4. The Morgan fingerprint density at radius 3 is 2.34 bits per heavy atom. The summed E-state index contributed by atoms with van der Waals surface area (Å²) in [5.41, 5.74) is -0.0983. The number of anilines is 2. The van der Waals surface area contributed by atoms with Gasteiger partial charge in [-0.3, -0.25) is 4.79 Å². The first-order chi connectivity index (χ1) is 13.8. The second kappa shape index (κ2) is 8.95. The van der Waals surface area contributed by atoms with E-state index in [-0.39, 0.29) is 17.7 Å². The summed E-state index contributed by atoms with van der Waals surface area (Å²) in [6, 6.07) is 10.0. The number of alkyl halides is 3. The number of amides is 3. The molecular weight excluding hydrogens is 387 g/mol. The zero-order valence-electron chi connectivity index (χ0n) is 15.4. The smallest absolute Gasteiger partial charge is 0.376 e. The molecule has 1 atom stereocenters. The van der Waals surface area contributed by atoms with Gasteiger partial charge in [0.25, 0.3) is 5.91 Å². The predicted molar refractivity (Wildman–Crippen MR) is 102 cm³/mol. The average molecular weight is 407 g/mol. The Hall–Kier alpha value is -3.07. The SMILES string of the molecule is O=C(NCC1CCCO1)Nc1ccc(NC(=O)c2cccc(C(F)(F)F)c2)cc1. The molecule has 1 aliphatic rings. The fourth-order valence-corrected chi connectivity index (χ4v) is 2.86. The van der Waals surface area contributed by atoms with Crippen LogP contribution in [-0.4, -0.2) is 31.2 Å². The summed E-state index contributed by atoms with van der Waals surface area (Å²) >= 11 is 0. The molecule has 2 aromatic rings. The second-order valence-electron chi connectivity index (χ2n) is 6.58. The highest BCUT2D eigenvalue weighted by Gasteiger charge is 2.30. The summed E-state index contributed by atoms with van der Waals surface area (Å²) in [6.07, 6.45) is -2.58. The van der Waals surface area contributed by atoms with E-state index >= 15 is 0 Å². The van der Waals surface area contributed by atoms with Gasteiger partial charge in [0.15, 0.2) is 0 Å². The number of nitrogens with one attached hydrogen (secondary N) is 3. The maximum Gasteiger partial charge on any atom is 0.416 e. The van der Waals surface area contributed by atoms with Crippen molar-refractivity contribution in [3.05, 3.63) is 59.7 Å². The number of hydrogen-bond acceptors (Lipinski definition) is 3. The van der Waals surface area contributed by atoms with E-state index in [1.807, 2.05) is 0 Å². The molecule has 1 heterocycles. The molecule has 1 fully saturated rings. The van der Waals surface area contributed by atoms with Crippen LogP contribution in [0.5, 0.6) is 0 Å². The molecule has 29 heavy (non-hydrogen) atoms. The van der Waals surface area contributed by atoms with Crippen molar-refractivity contribution >= 4 is 23.3 Å². The molecule has 3 amide bonds. The van der Waals surface area contributed by atoms with Crippen LogP contribution in [0.1, 0.15) is 28.8 Å². The van der Waals surface area contributed by atoms with E-state index in [4.69, 9.17) is 4.74 Å². The van der Waals surface area contributed by atoms with E-state index in [9.17, 15) is 22.8 Å². The Balaban J connectivity index is 1.53. The van der Waals surface area contributed by atoms with Crippen LogP contribution < -0.4 is 16.0 Å². The maximum atomic E-state index is 12.8. The molecule has 0 spiro atoms. The molecule has 3 rings (SSSR count). The Morgan fingerprint density at radius 1 is 1.03 bits per heavy atom. The molecule has 0 bridgehead atoms. The van der Waals surface area contributed by atoms with Crippen LogP contribution in [0.3, 0.4) is 0 Å². The van der Waals surface area contributed by atoms with E-state index in [0.29, 0.717) is 24.5 Å². The molecule has 3 N–H and O–H groups in total. The molecule has 6 nitrogen and oxygen atoms in total. The van der Waals surface area contributed by atoms with Crippen LogP contribution in [0.15, 0.2) is 48.5 Å². The number of ether oxygens (including phenoxy) is 1. The average Bonchev–Trinajstić information content (AvgIpc) is 3.21. The van der Waals surface area contributed by atoms with Crippen LogP contribution in [-0.2, 0) is 10.9 Å². The third-order valence-electron chi connectivity index (χ3n) is 4.37. The minimum Gasteiger partial charge on any atom is -0.376 e. The number of rotatable bonds is 5. The van der Waals surface area contributed by atoms with Gasteiger partial charge >= 0.3 is 12.2 Å². The lowest BCUT2D eigenvalue weighted by atomic mass is 10.1. The Labute approximate surface area is 165 Å². The lowest BCUT2D eigenvalue weighted by molar-refractivity contribution is -0.137. The van der Waals surface area contributed by atoms with Crippen LogP contribution in [0.2, 0.25) is 0 Å². The van der Waals surface area contributed by atoms with Crippen molar-refractivity contribution in [2.75, 3.05) is 23.8 Å². The summed E-state index contributed by atoms with van der Waals surface area (Å²) in [4.78, 5) is 24.1. The number of hydrogen-bond donors (Lipinski definition) is 3. The van der Waals surface area contributed by atoms with Gasteiger partial charge in [0.1, 0.15) is 0 Å². The van der Waals surface area contributed by atoms with Crippen molar-refractivity contribution < 1.29 is 27.5 Å². The highest BCUT2D eigenvalue weighted by Crippen LogP contribution is 2.29. The molecule has 0 aromatic heterocycles. The van der Waals surface area contributed by atoms with Crippen molar-refractivity contribution in [1.82, 2.24) is 5.32 Å². The zero-order chi connectivity index (χ0) is 20.9. The monoisotopic (exact) mass is 407 g/mol. The third kappa shape index (κ3) is 5.95. The Morgan fingerprint density at radius 2 is 1.72 bits per heavy atom. The van der Waals surface area contributed by atoms with Gasteiger partial charge in [0, 0.05) is 30.1 Å². The Bertz CT molecular complexity index is 863. The number of carbonyl (C=O) groups is 2. The third-order valence-corrected chi connectivity index (χ3v) is 4.37. The standard InChI is InChI=1S/C20H20F3N3O3/c21-20(22,23)14-4-1-3-13(11-14)18(27)25-15-6-8-16(9-7-15)26-19(28)24-12-17-5-2-10-29-17/h1,3-4,6-9,11,17H,2,5,10,12H2,(H,25,27)(H2,24,26,28). The van der Waals surface area contributed by atoms with E-state index in [1.165, 1.54) is 12.1 Å². The zero-order valence-corrected chi connectivity index (χ0v) is 15.4. The molecule has 1 aliphatic heterocycles. The van der Waals surface area contributed by atoms with Crippen molar-refractivity contribution in [3.8, 4) is 0 Å². The predicted octanol–water partition coefficient (Wildman–Crippen LogP) is 4.26. The molecular formula is C20H20F3N3O3. The van der Waals surface area contributed by atoms with Crippen molar-refractivity contribution in [3.63, 3.8) is 0 Å². The van der Waals surface area contributed by atoms with Gasteiger partial charge in [0.2, 0.25) is 0 Å². The summed E-state index contributed by atoms with van der Waals surface area (Å²) in [5.74, 6) is -0.661. The normalized spacial score (nSPS) is 16.3. The van der Waals surface area contributed by atoms with E-state index < -0.39 is 17.6 Å². The van der Waals surface area contributed by atoms with Gasteiger partial charge < -0.3 is 20.7 Å². The minimum absolute atomic E-state index is 0.0363. The summed E-state index contributed by atoms with van der Waals surface area (Å²) in [7, 11) is 0. The maximum absolute atomic E-state index is 12.8. The summed E-state index contributed by atoms with van der Waals surface area (Å²) in [6.45, 7) is 1.14. The van der Waals surface area contributed by atoms with Gasteiger partial charge in [0.05, 0.1) is 11.7 Å². The first-order valence-corrected chi connectivity index (χ1v) is 9.06. The van der Waals surface area contributed by atoms with Gasteiger partial charge in [-0.25, -0.2) is 4.79 Å². The van der Waals surface area contributed by atoms with Crippen molar-refractivity contribution in [2.45, 2.75) is 25.1 Å². The number of carbonyl (C=O) groups excluding carboxylic acids is 2. The van der Waals surface area contributed by atoms with Crippen LogP contribution in [0.25, 0.3) is 0 Å². The van der Waals surface area contributed by atoms with Gasteiger partial charge in [-0.1, -0.05) is 6.07 Å². The number of urea groups is 1. The van der Waals surface area contributed by atoms with Crippen molar-refractivity contribution in [1.29, 1.82) is 0 Å². The van der Waals surface area contributed by atoms with Gasteiger partial charge in [-0.05, 0) is 55.3 Å². The van der Waals surface area contributed by atoms with Crippen LogP contribution >= 0.6 is 0 Å². The second-order valence-corrected chi connectivity index (χ2v) is 6.58. The number of halogens is 3. The Kier molecular flexibility index (Phi) is 6.38. The largest absolute Gasteiger partial charge is 0.416 e. The molecule has 2 aromatic carbocycles. The van der Waals surface area contributed by atoms with Crippen LogP contribution in [0, 0.1) is 0 Å². The minimum atomic E-state index is -4.52. The van der Waals surface area contributed by atoms with E-state index in [0.717, 1.165) is 25.0 Å². The molecule has 0 aliphatic carbocycles. The van der Waals surface area contributed by atoms with Crippen LogP contribution in [0.4, 0.5) is 29.3 Å². The van der Waals surface area contributed by atoms with Crippen molar-refractivity contribution in [2.24, 2.45) is 0 Å². The first-order valence-electron chi connectivity index (χ1n) is 9.06. The van der Waals surface area contributed by atoms with E-state index in [1.54, 1.807) is 24.3 Å². The highest BCUT2D eigenvalue weighted by molar-refractivity contribution is 6.04. The molecule has 1 unspecified atom stereocenters. The quantitative estimate of drug-likeness (QED) is 0.693.